The number of nitrogens with one attached hydrogen (secondary N) is 1. The lowest BCUT2D eigenvalue weighted by Gasteiger charge is -1.92. The lowest BCUT2D eigenvalue weighted by Crippen LogP contribution is -2.25. The molecule has 5 nitrogen and oxygen atoms in total. The van der Waals surface area contributed by atoms with Gasteiger partial charge in [-0.1, -0.05) is 0 Å². The zero-order valence-electron chi connectivity index (χ0n) is 5.20. The molecule has 0 aliphatic carbocycles. The van der Waals surface area contributed by atoms with Crippen LogP contribution in [0, 0.1) is 0 Å². The molecule has 1 heterocycles. The van der Waals surface area contributed by atoms with Gasteiger partial charge in [0.2, 0.25) is 5.91 Å². The minimum atomic E-state index is -0.526. The second-order valence-electron chi connectivity index (χ2n) is 1.86. The largest absolute Gasteiger partial charge is 0.368 e. The first kappa shape index (κ1) is 6.60. The molecule has 1 aromatic heterocycles. The average Bonchev–Trinajstić information content (AvgIpc) is 2.15. The van der Waals surface area contributed by atoms with Crippen LogP contribution in [0.3, 0.4) is 0 Å². The number of aromatic nitrogens is 2. The minimum Gasteiger partial charge on any atom is -0.368 e. The molecule has 0 aliphatic rings. The zero-order valence-corrected chi connectivity index (χ0v) is 5.20. The summed E-state index contributed by atoms with van der Waals surface area (Å²) in [7, 11) is 0. The van der Waals surface area contributed by atoms with Crippen LogP contribution >= 0.6 is 0 Å². The van der Waals surface area contributed by atoms with Gasteiger partial charge in [0.1, 0.15) is 6.54 Å². The van der Waals surface area contributed by atoms with E-state index in [1.54, 1.807) is 0 Å². The van der Waals surface area contributed by atoms with Gasteiger partial charge in [0, 0.05) is 12.4 Å². The van der Waals surface area contributed by atoms with Crippen molar-refractivity contribution in [2.75, 3.05) is 0 Å². The Hall–Kier alpha value is -1.52. The average molecular weight is 141 g/mol. The standard InChI is InChI=1S/C5H7N3O2/c6-4(9)3-8-2-1-7-5(8)10/h1-2H,3H2,(H2,6,9)(H,7,10). The summed E-state index contributed by atoms with van der Waals surface area (Å²) >= 11 is 0. The number of hydrogen-bond donors (Lipinski definition) is 2. The van der Waals surface area contributed by atoms with E-state index in [1.165, 1.54) is 17.0 Å². The molecule has 1 aromatic rings. The molecule has 54 valence electrons. The Kier molecular flexibility index (Phi) is 1.57. The molecule has 0 aromatic carbocycles. The summed E-state index contributed by atoms with van der Waals surface area (Å²) in [6, 6.07) is 0. The van der Waals surface area contributed by atoms with Gasteiger partial charge in [0.25, 0.3) is 0 Å². The van der Waals surface area contributed by atoms with Gasteiger partial charge < -0.3 is 10.7 Å². The van der Waals surface area contributed by atoms with E-state index in [1.807, 2.05) is 0 Å². The Balaban J connectivity index is 2.85. The summed E-state index contributed by atoms with van der Waals surface area (Å²) in [6.07, 6.45) is 2.92. The number of nitrogens with two attached hydrogens (primary N) is 1. The lowest BCUT2D eigenvalue weighted by atomic mass is 10.6. The highest BCUT2D eigenvalue weighted by Gasteiger charge is 1.97. The van der Waals surface area contributed by atoms with Gasteiger partial charge in [-0.15, -0.1) is 0 Å². The van der Waals surface area contributed by atoms with E-state index in [2.05, 4.69) is 4.98 Å². The summed E-state index contributed by atoms with van der Waals surface area (Å²) < 4.78 is 1.20. The molecule has 0 unspecified atom stereocenters. The van der Waals surface area contributed by atoms with Crippen molar-refractivity contribution < 1.29 is 4.79 Å². The second kappa shape index (κ2) is 2.38. The molecule has 0 aliphatic heterocycles. The van der Waals surface area contributed by atoms with E-state index in [-0.39, 0.29) is 12.2 Å². The molecule has 3 N–H and O–H groups in total. The number of aromatic amines is 1. The molecule has 0 spiro atoms. The Labute approximate surface area is 56.5 Å². The summed E-state index contributed by atoms with van der Waals surface area (Å²) in [5.41, 5.74) is 4.52. The minimum absolute atomic E-state index is 0.0671. The van der Waals surface area contributed by atoms with Crippen molar-refractivity contribution in [1.82, 2.24) is 9.55 Å². The van der Waals surface area contributed by atoms with Gasteiger partial charge in [-0.05, 0) is 0 Å². The predicted octanol–water partition coefficient (Wildman–Crippen LogP) is -1.34. The molecule has 0 saturated heterocycles. The molecule has 1 rings (SSSR count). The van der Waals surface area contributed by atoms with Crippen molar-refractivity contribution in [3.05, 3.63) is 22.9 Å². The van der Waals surface area contributed by atoms with Crippen molar-refractivity contribution in [1.29, 1.82) is 0 Å². The smallest absolute Gasteiger partial charge is 0.325 e. The monoisotopic (exact) mass is 141 g/mol. The van der Waals surface area contributed by atoms with Gasteiger partial charge >= 0.3 is 5.69 Å². The Bertz CT molecular complexity index is 285. The molecule has 1 amide bonds. The number of carbonyl (C=O) groups is 1. The van der Waals surface area contributed by atoms with Gasteiger partial charge in [-0.3, -0.25) is 9.36 Å². The number of imidazole rings is 1. The molecule has 0 saturated carbocycles. The number of nitrogens with zero attached hydrogens (tertiary/aromatic N) is 1. The van der Waals surface area contributed by atoms with E-state index < -0.39 is 5.91 Å². The Morgan fingerprint density at radius 3 is 2.90 bits per heavy atom. The number of hydrogen-bond acceptors (Lipinski definition) is 2. The van der Waals surface area contributed by atoms with Crippen molar-refractivity contribution in [3.63, 3.8) is 0 Å². The molecular formula is C5H7N3O2. The lowest BCUT2D eigenvalue weighted by molar-refractivity contribution is -0.118. The van der Waals surface area contributed by atoms with Crippen LogP contribution in [-0.2, 0) is 11.3 Å². The molecule has 0 atom stereocenters. The van der Waals surface area contributed by atoms with Gasteiger partial charge in [0.15, 0.2) is 0 Å². The number of H-pyrrole nitrogens is 1. The maximum atomic E-state index is 10.7. The van der Waals surface area contributed by atoms with E-state index in [4.69, 9.17) is 5.73 Å². The van der Waals surface area contributed by atoms with E-state index in [0.29, 0.717) is 0 Å². The molecule has 0 fully saturated rings. The summed E-state index contributed by atoms with van der Waals surface area (Å²) in [6.45, 7) is -0.0671. The van der Waals surface area contributed by atoms with Crippen LogP contribution in [0.25, 0.3) is 0 Å². The third kappa shape index (κ3) is 1.25. The maximum Gasteiger partial charge on any atom is 0.325 e. The van der Waals surface area contributed by atoms with Crippen LogP contribution in [0.2, 0.25) is 0 Å². The van der Waals surface area contributed by atoms with E-state index in [0.717, 1.165) is 0 Å². The van der Waals surface area contributed by atoms with Crippen LogP contribution in [0.4, 0.5) is 0 Å². The van der Waals surface area contributed by atoms with Gasteiger partial charge in [-0.25, -0.2) is 4.79 Å². The van der Waals surface area contributed by atoms with Crippen LogP contribution in [0.15, 0.2) is 17.2 Å². The van der Waals surface area contributed by atoms with Crippen LogP contribution in [0.5, 0.6) is 0 Å². The Morgan fingerprint density at radius 1 is 1.80 bits per heavy atom. The van der Waals surface area contributed by atoms with E-state index in [9.17, 15) is 9.59 Å². The van der Waals surface area contributed by atoms with Crippen molar-refractivity contribution in [2.24, 2.45) is 5.73 Å². The molecule has 5 heteroatoms. The highest BCUT2D eigenvalue weighted by molar-refractivity contribution is 5.73. The van der Waals surface area contributed by atoms with Crippen LogP contribution in [0.1, 0.15) is 0 Å². The predicted molar refractivity (Wildman–Crippen MR) is 34.2 cm³/mol. The summed E-state index contributed by atoms with van der Waals surface area (Å²) in [5, 5.41) is 0. The van der Waals surface area contributed by atoms with Crippen molar-refractivity contribution in [3.8, 4) is 0 Å². The first-order valence-electron chi connectivity index (χ1n) is 2.72. The van der Waals surface area contributed by atoms with E-state index >= 15 is 0 Å². The number of carbonyl (C=O) groups excluding carboxylic acids is 1. The summed E-state index contributed by atoms with van der Waals surface area (Å²) in [4.78, 5) is 23.3. The highest BCUT2D eigenvalue weighted by Crippen LogP contribution is 1.75. The zero-order chi connectivity index (χ0) is 7.56. The highest BCUT2D eigenvalue weighted by atomic mass is 16.2. The topological polar surface area (TPSA) is 80.9 Å². The summed E-state index contributed by atoms with van der Waals surface area (Å²) in [5.74, 6) is -0.526. The molecular weight excluding hydrogens is 134 g/mol. The van der Waals surface area contributed by atoms with Crippen LogP contribution in [-0.4, -0.2) is 15.5 Å². The maximum absolute atomic E-state index is 10.7. The Morgan fingerprint density at radius 2 is 2.50 bits per heavy atom. The fraction of sp³-hybridized carbons (Fsp3) is 0.200. The first-order valence-corrected chi connectivity index (χ1v) is 2.72. The third-order valence-corrected chi connectivity index (χ3v) is 1.05. The molecule has 0 bridgehead atoms. The van der Waals surface area contributed by atoms with Gasteiger partial charge in [0.05, 0.1) is 0 Å². The first-order chi connectivity index (χ1) is 4.70. The van der Waals surface area contributed by atoms with Crippen molar-refractivity contribution in [2.45, 2.75) is 6.54 Å². The van der Waals surface area contributed by atoms with Crippen molar-refractivity contribution >= 4 is 5.91 Å². The normalized spacial score (nSPS) is 9.60. The second-order valence-corrected chi connectivity index (χ2v) is 1.86. The quantitative estimate of drug-likeness (QED) is 0.534. The number of amides is 1. The number of rotatable bonds is 2. The molecule has 10 heavy (non-hydrogen) atoms. The number of primary amides is 1. The van der Waals surface area contributed by atoms with Gasteiger partial charge in [-0.2, -0.15) is 0 Å². The SMILES string of the molecule is NC(=O)Cn1cc[nH]c1=O. The fourth-order valence-corrected chi connectivity index (χ4v) is 0.642. The van der Waals surface area contributed by atoms with Crippen LogP contribution < -0.4 is 11.4 Å². The molecule has 0 radical (unpaired) electrons. The fourth-order valence-electron chi connectivity index (χ4n) is 0.642. The third-order valence-electron chi connectivity index (χ3n) is 1.05.